The van der Waals surface area contributed by atoms with Crippen molar-refractivity contribution in [3.63, 3.8) is 0 Å². The van der Waals surface area contributed by atoms with Gasteiger partial charge in [-0.1, -0.05) is 6.92 Å². The van der Waals surface area contributed by atoms with E-state index in [1.807, 2.05) is 0 Å². The molecule has 6 heteroatoms. The minimum absolute atomic E-state index is 0.0436. The highest BCUT2D eigenvalue weighted by atomic mass is 32.2. The molecule has 0 radical (unpaired) electrons. The maximum absolute atomic E-state index is 11.6. The van der Waals surface area contributed by atoms with E-state index in [4.69, 9.17) is 5.73 Å². The average Bonchev–Trinajstić information content (AvgIpc) is 2.14. The lowest BCUT2D eigenvalue weighted by molar-refractivity contribution is -0.119. The lowest BCUT2D eigenvalue weighted by Gasteiger charge is -2.14. The fraction of sp³-hybridized carbons (Fsp3) is 0.875. The number of nitrogens with one attached hydrogen (secondary N) is 1. The smallest absolute Gasteiger partial charge is 0.237 e. The summed E-state index contributed by atoms with van der Waals surface area (Å²) in [6.07, 6.45) is 0. The molecule has 0 aromatic rings. The lowest BCUT2D eigenvalue weighted by atomic mass is 10.2. The van der Waals surface area contributed by atoms with E-state index in [1.165, 1.54) is 14.0 Å². The first-order chi connectivity index (χ1) is 6.35. The predicted octanol–water partition coefficient (Wildman–Crippen LogP) is -0.869. The summed E-state index contributed by atoms with van der Waals surface area (Å²) in [6, 6.07) is 0. The van der Waals surface area contributed by atoms with Crippen molar-refractivity contribution >= 4 is 15.7 Å². The number of rotatable bonds is 5. The molecule has 2 atom stereocenters. The maximum atomic E-state index is 11.6. The van der Waals surface area contributed by atoms with Crippen LogP contribution < -0.4 is 11.1 Å². The Kier molecular flexibility index (Phi) is 5.07. The molecule has 0 heterocycles. The molecule has 5 nitrogen and oxygen atoms in total. The summed E-state index contributed by atoms with van der Waals surface area (Å²) in [4.78, 5) is 11.1. The Labute approximate surface area is 85.0 Å². The molecule has 0 aromatic carbocycles. The van der Waals surface area contributed by atoms with Crippen LogP contribution in [0.3, 0.4) is 0 Å². The van der Waals surface area contributed by atoms with Crippen molar-refractivity contribution in [2.45, 2.75) is 19.1 Å². The molecule has 2 unspecified atom stereocenters. The van der Waals surface area contributed by atoms with Gasteiger partial charge in [-0.2, -0.15) is 0 Å². The maximum Gasteiger partial charge on any atom is 0.237 e. The summed E-state index contributed by atoms with van der Waals surface area (Å²) >= 11 is 0. The van der Waals surface area contributed by atoms with Gasteiger partial charge in [0.05, 0.1) is 5.75 Å². The van der Waals surface area contributed by atoms with Gasteiger partial charge in [-0.15, -0.1) is 0 Å². The van der Waals surface area contributed by atoms with E-state index >= 15 is 0 Å². The van der Waals surface area contributed by atoms with Crippen LogP contribution in [0, 0.1) is 5.92 Å². The predicted molar refractivity (Wildman–Crippen MR) is 55.5 cm³/mol. The summed E-state index contributed by atoms with van der Waals surface area (Å²) in [5.41, 5.74) is 5.32. The fourth-order valence-corrected chi connectivity index (χ4v) is 2.64. The third-order valence-corrected chi connectivity index (χ3v) is 4.40. The quantitative estimate of drug-likeness (QED) is 0.633. The molecule has 1 amide bonds. The first-order valence-corrected chi connectivity index (χ1v) is 6.20. The van der Waals surface area contributed by atoms with E-state index in [0.29, 0.717) is 6.54 Å². The number of sulfone groups is 1. The van der Waals surface area contributed by atoms with E-state index in [1.54, 1.807) is 6.92 Å². The van der Waals surface area contributed by atoms with E-state index in [0.717, 1.165) is 0 Å². The minimum Gasteiger partial charge on any atom is -0.358 e. The third kappa shape index (κ3) is 3.63. The number of hydrogen-bond donors (Lipinski definition) is 2. The molecule has 0 spiro atoms. The van der Waals surface area contributed by atoms with Gasteiger partial charge < -0.3 is 11.1 Å². The Hall–Kier alpha value is -0.620. The summed E-state index contributed by atoms with van der Waals surface area (Å²) < 4.78 is 23.2. The molecular formula is C8H18N2O3S. The van der Waals surface area contributed by atoms with Crippen LogP contribution in [0.2, 0.25) is 0 Å². The van der Waals surface area contributed by atoms with Gasteiger partial charge in [-0.3, -0.25) is 4.79 Å². The molecular weight excluding hydrogens is 204 g/mol. The van der Waals surface area contributed by atoms with Crippen LogP contribution in [-0.2, 0) is 14.6 Å². The summed E-state index contributed by atoms with van der Waals surface area (Å²) in [7, 11) is -1.96. The van der Waals surface area contributed by atoms with Gasteiger partial charge in [0.25, 0.3) is 0 Å². The van der Waals surface area contributed by atoms with Crippen LogP contribution in [-0.4, -0.2) is 38.9 Å². The second-order valence-electron chi connectivity index (χ2n) is 3.43. The van der Waals surface area contributed by atoms with Gasteiger partial charge in [0.2, 0.25) is 5.91 Å². The van der Waals surface area contributed by atoms with E-state index in [-0.39, 0.29) is 11.7 Å². The second kappa shape index (κ2) is 5.31. The molecule has 0 fully saturated rings. The fourth-order valence-electron chi connectivity index (χ4n) is 0.975. The summed E-state index contributed by atoms with van der Waals surface area (Å²) in [5, 5.41) is 1.31. The van der Waals surface area contributed by atoms with Gasteiger partial charge in [0.15, 0.2) is 9.84 Å². The molecule has 0 aliphatic heterocycles. The number of amides is 1. The Morgan fingerprint density at radius 1 is 1.43 bits per heavy atom. The third-order valence-electron chi connectivity index (χ3n) is 2.07. The Morgan fingerprint density at radius 3 is 2.29 bits per heavy atom. The minimum atomic E-state index is -3.37. The van der Waals surface area contributed by atoms with Crippen LogP contribution in [0.15, 0.2) is 0 Å². The highest BCUT2D eigenvalue weighted by Crippen LogP contribution is 2.07. The van der Waals surface area contributed by atoms with Crippen LogP contribution >= 0.6 is 0 Å². The van der Waals surface area contributed by atoms with Crippen molar-refractivity contribution in [2.75, 3.05) is 19.3 Å². The second-order valence-corrected chi connectivity index (χ2v) is 5.79. The van der Waals surface area contributed by atoms with Gasteiger partial charge >= 0.3 is 0 Å². The molecule has 14 heavy (non-hydrogen) atoms. The highest BCUT2D eigenvalue weighted by molar-refractivity contribution is 7.92. The largest absolute Gasteiger partial charge is 0.358 e. The number of carbonyl (C=O) groups is 1. The van der Waals surface area contributed by atoms with Crippen molar-refractivity contribution in [2.24, 2.45) is 11.7 Å². The zero-order valence-corrected chi connectivity index (χ0v) is 9.60. The standard InChI is InChI=1S/C8H18N2O3S/c1-6(4-9)5-14(12,13)7(2)8(11)10-3/h6-7H,4-5,9H2,1-3H3,(H,10,11). The Morgan fingerprint density at radius 2 is 1.93 bits per heavy atom. The van der Waals surface area contributed by atoms with Crippen LogP contribution in [0.25, 0.3) is 0 Å². The first-order valence-electron chi connectivity index (χ1n) is 4.48. The van der Waals surface area contributed by atoms with Crippen molar-refractivity contribution < 1.29 is 13.2 Å². The molecule has 0 bridgehead atoms. The zero-order chi connectivity index (χ0) is 11.4. The van der Waals surface area contributed by atoms with Gasteiger partial charge in [-0.25, -0.2) is 8.42 Å². The van der Waals surface area contributed by atoms with Gasteiger partial charge in [0, 0.05) is 7.05 Å². The number of hydrogen-bond acceptors (Lipinski definition) is 4. The van der Waals surface area contributed by atoms with Gasteiger partial charge in [0.1, 0.15) is 5.25 Å². The molecule has 84 valence electrons. The Balaban J connectivity index is 4.55. The SMILES string of the molecule is CNC(=O)C(C)S(=O)(=O)CC(C)CN. The van der Waals surface area contributed by atoms with Crippen molar-refractivity contribution in [1.82, 2.24) is 5.32 Å². The van der Waals surface area contributed by atoms with Crippen molar-refractivity contribution in [3.05, 3.63) is 0 Å². The molecule has 0 aromatic heterocycles. The molecule has 0 saturated heterocycles. The normalized spacial score (nSPS) is 16.0. The topological polar surface area (TPSA) is 89.3 Å². The Bertz CT molecular complexity index is 287. The van der Waals surface area contributed by atoms with E-state index in [2.05, 4.69) is 5.32 Å². The number of carbonyl (C=O) groups excluding carboxylic acids is 1. The molecule has 0 saturated carbocycles. The molecule has 0 aliphatic carbocycles. The zero-order valence-electron chi connectivity index (χ0n) is 8.78. The van der Waals surface area contributed by atoms with Crippen LogP contribution in [0.4, 0.5) is 0 Å². The number of nitrogens with two attached hydrogens (primary N) is 1. The van der Waals surface area contributed by atoms with Crippen molar-refractivity contribution in [1.29, 1.82) is 0 Å². The van der Waals surface area contributed by atoms with Crippen LogP contribution in [0.1, 0.15) is 13.8 Å². The van der Waals surface area contributed by atoms with Gasteiger partial charge in [-0.05, 0) is 19.4 Å². The monoisotopic (exact) mass is 222 g/mol. The molecule has 0 aliphatic rings. The van der Waals surface area contributed by atoms with Crippen LogP contribution in [0.5, 0.6) is 0 Å². The van der Waals surface area contributed by atoms with Crippen molar-refractivity contribution in [3.8, 4) is 0 Å². The van der Waals surface area contributed by atoms with E-state index < -0.39 is 21.0 Å². The highest BCUT2D eigenvalue weighted by Gasteiger charge is 2.28. The van der Waals surface area contributed by atoms with E-state index in [9.17, 15) is 13.2 Å². The summed E-state index contributed by atoms with van der Waals surface area (Å²) in [5.74, 6) is -0.640. The first kappa shape index (κ1) is 13.4. The molecule has 3 N–H and O–H groups in total. The molecule has 0 rings (SSSR count). The summed E-state index contributed by atoms with van der Waals surface area (Å²) in [6.45, 7) is 3.44. The average molecular weight is 222 g/mol. The lowest BCUT2D eigenvalue weighted by Crippen LogP contribution is -2.38.